The van der Waals surface area contributed by atoms with Gasteiger partial charge in [0.15, 0.2) is 0 Å². The molecule has 0 saturated carbocycles. The lowest BCUT2D eigenvalue weighted by atomic mass is 10.0. The quantitative estimate of drug-likeness (QED) is 0.797. The van der Waals surface area contributed by atoms with Crippen molar-refractivity contribution in [3.63, 3.8) is 0 Å². The third-order valence-corrected chi connectivity index (χ3v) is 2.56. The number of hydrogen-bond acceptors (Lipinski definition) is 4. The van der Waals surface area contributed by atoms with E-state index in [1.54, 1.807) is 0 Å². The van der Waals surface area contributed by atoms with Crippen LogP contribution >= 0.6 is 0 Å². The normalized spacial score (nSPS) is 11.5. The van der Waals surface area contributed by atoms with Crippen LogP contribution in [0, 0.1) is 0 Å². The molecule has 1 aromatic rings. The van der Waals surface area contributed by atoms with Crippen molar-refractivity contribution in [2.75, 3.05) is 32.6 Å². The number of nitrogens with one attached hydrogen (secondary N) is 1. The SMILES string of the molecule is CN(C)CCOc1ccc(NC(=O)CC(C)(C)N)cc1. The summed E-state index contributed by atoms with van der Waals surface area (Å²) in [6.45, 7) is 5.16. The predicted molar refractivity (Wildman–Crippen MR) is 82.0 cm³/mol. The van der Waals surface area contributed by atoms with Gasteiger partial charge < -0.3 is 20.7 Å². The number of ether oxygens (including phenoxy) is 1. The summed E-state index contributed by atoms with van der Waals surface area (Å²) in [5, 5.41) is 2.82. The summed E-state index contributed by atoms with van der Waals surface area (Å²) >= 11 is 0. The first-order valence-electron chi connectivity index (χ1n) is 6.72. The fourth-order valence-corrected chi connectivity index (χ4v) is 1.60. The van der Waals surface area contributed by atoms with E-state index in [-0.39, 0.29) is 12.3 Å². The highest BCUT2D eigenvalue weighted by molar-refractivity contribution is 5.91. The molecule has 0 unspecified atom stereocenters. The standard InChI is InChI=1S/C15H25N3O2/c1-15(2,16)11-14(19)17-12-5-7-13(8-6-12)20-10-9-18(3)4/h5-8H,9-11,16H2,1-4H3,(H,17,19). The third kappa shape index (κ3) is 7.11. The summed E-state index contributed by atoms with van der Waals surface area (Å²) in [7, 11) is 4.00. The van der Waals surface area contributed by atoms with Crippen molar-refractivity contribution in [2.24, 2.45) is 5.73 Å². The first-order chi connectivity index (χ1) is 9.26. The van der Waals surface area contributed by atoms with Crippen LogP contribution in [0.2, 0.25) is 0 Å². The predicted octanol–water partition coefficient (Wildman–Crippen LogP) is 1.69. The van der Waals surface area contributed by atoms with Crippen molar-refractivity contribution in [1.29, 1.82) is 0 Å². The Hall–Kier alpha value is -1.59. The maximum atomic E-state index is 11.7. The molecular weight excluding hydrogens is 254 g/mol. The van der Waals surface area contributed by atoms with E-state index >= 15 is 0 Å². The summed E-state index contributed by atoms with van der Waals surface area (Å²) < 4.78 is 5.58. The van der Waals surface area contributed by atoms with Crippen LogP contribution in [-0.4, -0.2) is 43.6 Å². The van der Waals surface area contributed by atoms with Crippen molar-refractivity contribution >= 4 is 11.6 Å². The molecule has 0 atom stereocenters. The fraction of sp³-hybridized carbons (Fsp3) is 0.533. The topological polar surface area (TPSA) is 67.6 Å². The van der Waals surface area contributed by atoms with Gasteiger partial charge in [0.25, 0.3) is 0 Å². The van der Waals surface area contributed by atoms with Crippen LogP contribution in [0.15, 0.2) is 24.3 Å². The van der Waals surface area contributed by atoms with E-state index in [9.17, 15) is 4.79 Å². The highest BCUT2D eigenvalue weighted by Gasteiger charge is 2.16. The average molecular weight is 279 g/mol. The van der Waals surface area contributed by atoms with Crippen LogP contribution in [0.4, 0.5) is 5.69 Å². The van der Waals surface area contributed by atoms with Gasteiger partial charge in [0, 0.05) is 24.2 Å². The van der Waals surface area contributed by atoms with Gasteiger partial charge in [-0.25, -0.2) is 0 Å². The Labute approximate surface area is 121 Å². The zero-order valence-electron chi connectivity index (χ0n) is 12.8. The van der Waals surface area contributed by atoms with Gasteiger partial charge in [-0.15, -0.1) is 0 Å². The van der Waals surface area contributed by atoms with Gasteiger partial charge in [0.1, 0.15) is 12.4 Å². The molecule has 112 valence electrons. The first kappa shape index (κ1) is 16.5. The first-order valence-corrected chi connectivity index (χ1v) is 6.72. The van der Waals surface area contributed by atoms with Gasteiger partial charge in [0.2, 0.25) is 5.91 Å². The van der Waals surface area contributed by atoms with E-state index in [1.165, 1.54) is 0 Å². The highest BCUT2D eigenvalue weighted by Crippen LogP contribution is 2.16. The van der Waals surface area contributed by atoms with Crippen molar-refractivity contribution in [2.45, 2.75) is 25.8 Å². The second kappa shape index (κ2) is 7.26. The van der Waals surface area contributed by atoms with Crippen LogP contribution in [-0.2, 0) is 4.79 Å². The van der Waals surface area contributed by atoms with Crippen molar-refractivity contribution < 1.29 is 9.53 Å². The van der Waals surface area contributed by atoms with Crippen LogP contribution < -0.4 is 15.8 Å². The lowest BCUT2D eigenvalue weighted by molar-refractivity contribution is -0.117. The molecule has 0 aromatic heterocycles. The second-order valence-electron chi connectivity index (χ2n) is 5.89. The Morgan fingerprint density at radius 2 is 1.90 bits per heavy atom. The summed E-state index contributed by atoms with van der Waals surface area (Å²) in [6, 6.07) is 7.34. The molecule has 0 aliphatic heterocycles. The molecule has 1 amide bonds. The van der Waals surface area contributed by atoms with Gasteiger partial charge in [-0.2, -0.15) is 0 Å². The Bertz CT molecular complexity index is 422. The Morgan fingerprint density at radius 1 is 1.30 bits per heavy atom. The maximum Gasteiger partial charge on any atom is 0.226 e. The molecule has 0 heterocycles. The Morgan fingerprint density at radius 3 is 2.40 bits per heavy atom. The van der Waals surface area contributed by atoms with E-state index < -0.39 is 5.54 Å². The van der Waals surface area contributed by atoms with Gasteiger partial charge in [-0.3, -0.25) is 4.79 Å². The highest BCUT2D eigenvalue weighted by atomic mass is 16.5. The van der Waals surface area contributed by atoms with Crippen molar-refractivity contribution in [3.8, 4) is 5.75 Å². The molecule has 5 heteroatoms. The average Bonchev–Trinajstić information content (AvgIpc) is 2.28. The minimum absolute atomic E-state index is 0.0845. The molecule has 0 bridgehead atoms. The van der Waals surface area contributed by atoms with E-state index in [1.807, 2.05) is 52.2 Å². The minimum atomic E-state index is -0.501. The molecular formula is C15H25N3O2. The summed E-state index contributed by atoms with van der Waals surface area (Å²) in [5.74, 6) is 0.711. The fourth-order valence-electron chi connectivity index (χ4n) is 1.60. The molecule has 0 spiro atoms. The zero-order valence-corrected chi connectivity index (χ0v) is 12.8. The smallest absolute Gasteiger partial charge is 0.226 e. The number of amides is 1. The monoisotopic (exact) mass is 279 g/mol. The molecule has 5 nitrogen and oxygen atoms in total. The van der Waals surface area contributed by atoms with Crippen LogP contribution in [0.3, 0.4) is 0 Å². The largest absolute Gasteiger partial charge is 0.492 e. The van der Waals surface area contributed by atoms with Gasteiger partial charge in [-0.1, -0.05) is 0 Å². The lowest BCUT2D eigenvalue weighted by Gasteiger charge is -2.17. The molecule has 0 radical (unpaired) electrons. The van der Waals surface area contributed by atoms with Crippen molar-refractivity contribution in [1.82, 2.24) is 4.90 Å². The van der Waals surface area contributed by atoms with Crippen LogP contribution in [0.25, 0.3) is 0 Å². The minimum Gasteiger partial charge on any atom is -0.492 e. The number of likely N-dealkylation sites (N-methyl/N-ethyl adjacent to an activating group) is 1. The van der Waals surface area contributed by atoms with E-state index in [4.69, 9.17) is 10.5 Å². The molecule has 0 fully saturated rings. The van der Waals surface area contributed by atoms with E-state index in [0.717, 1.165) is 18.0 Å². The number of carbonyl (C=O) groups excluding carboxylic acids is 1. The van der Waals surface area contributed by atoms with Gasteiger partial charge >= 0.3 is 0 Å². The lowest BCUT2D eigenvalue weighted by Crippen LogP contribution is -2.36. The molecule has 0 aliphatic carbocycles. The summed E-state index contributed by atoms with van der Waals surface area (Å²) in [5.41, 5.74) is 6.06. The number of benzene rings is 1. The number of nitrogens with zero attached hydrogens (tertiary/aromatic N) is 1. The second-order valence-corrected chi connectivity index (χ2v) is 5.89. The number of nitrogens with two attached hydrogens (primary N) is 1. The Balaban J connectivity index is 2.44. The number of hydrogen-bond donors (Lipinski definition) is 2. The maximum absolute atomic E-state index is 11.7. The van der Waals surface area contributed by atoms with E-state index in [0.29, 0.717) is 6.61 Å². The molecule has 3 N–H and O–H groups in total. The summed E-state index contributed by atoms with van der Waals surface area (Å²) in [6.07, 6.45) is 0.286. The summed E-state index contributed by atoms with van der Waals surface area (Å²) in [4.78, 5) is 13.8. The molecule has 20 heavy (non-hydrogen) atoms. The number of anilines is 1. The van der Waals surface area contributed by atoms with Crippen molar-refractivity contribution in [3.05, 3.63) is 24.3 Å². The van der Waals surface area contributed by atoms with Gasteiger partial charge in [-0.05, 0) is 52.2 Å². The van der Waals surface area contributed by atoms with E-state index in [2.05, 4.69) is 10.2 Å². The zero-order chi connectivity index (χ0) is 15.2. The molecule has 1 aromatic carbocycles. The van der Waals surface area contributed by atoms with Crippen LogP contribution in [0.5, 0.6) is 5.75 Å². The van der Waals surface area contributed by atoms with Gasteiger partial charge in [0.05, 0.1) is 0 Å². The molecule has 0 saturated heterocycles. The third-order valence-electron chi connectivity index (χ3n) is 2.56. The molecule has 1 rings (SSSR count). The molecule has 0 aliphatic rings. The number of rotatable bonds is 7. The number of carbonyl (C=O) groups is 1. The van der Waals surface area contributed by atoms with Crippen LogP contribution in [0.1, 0.15) is 20.3 Å². The Kier molecular flexibility index (Phi) is 5.98.